The Hall–Kier alpha value is -2.05. The number of nitrogens with one attached hydrogen (secondary N) is 2. The average molecular weight is 325 g/mol. The molecule has 0 fully saturated rings. The Balaban J connectivity index is 2.18. The van der Waals surface area contributed by atoms with Crippen LogP contribution in [0.25, 0.3) is 0 Å². The second-order valence-corrected chi connectivity index (χ2v) is 6.54. The second-order valence-electron chi connectivity index (χ2n) is 4.39. The van der Waals surface area contributed by atoms with Gasteiger partial charge < -0.3 is 5.32 Å². The molecule has 0 atom stereocenters. The van der Waals surface area contributed by atoms with Gasteiger partial charge in [-0.1, -0.05) is 29.8 Å². The molecule has 0 aliphatic carbocycles. The minimum Gasteiger partial charge on any atom is -0.322 e. The molecule has 0 aromatic heterocycles. The van der Waals surface area contributed by atoms with Gasteiger partial charge >= 0.3 is 0 Å². The van der Waals surface area contributed by atoms with Gasteiger partial charge in [-0.25, -0.2) is 8.42 Å². The van der Waals surface area contributed by atoms with Gasteiger partial charge in [0.2, 0.25) is 10.0 Å². The lowest BCUT2D eigenvalue weighted by Gasteiger charge is -2.09. The van der Waals surface area contributed by atoms with E-state index in [1.807, 2.05) is 18.2 Å². The van der Waals surface area contributed by atoms with Crippen LogP contribution in [0.15, 0.2) is 48.5 Å². The van der Waals surface area contributed by atoms with E-state index in [1.54, 1.807) is 12.1 Å². The highest BCUT2D eigenvalue weighted by molar-refractivity contribution is 7.92. The highest BCUT2D eigenvalue weighted by atomic mass is 35.5. The van der Waals surface area contributed by atoms with Crippen molar-refractivity contribution < 1.29 is 13.2 Å². The first-order chi connectivity index (χ1) is 9.85. The molecule has 110 valence electrons. The molecule has 0 aliphatic heterocycles. The van der Waals surface area contributed by atoms with Gasteiger partial charge in [-0.15, -0.1) is 0 Å². The third-order valence-electron chi connectivity index (χ3n) is 2.56. The molecule has 0 bridgehead atoms. The molecule has 2 N–H and O–H groups in total. The molecule has 0 radical (unpaired) electrons. The summed E-state index contributed by atoms with van der Waals surface area (Å²) in [5.41, 5.74) is 1.23. The molecule has 0 saturated heterocycles. The molecular formula is C14H13ClN2O3S. The van der Waals surface area contributed by atoms with Crippen molar-refractivity contribution in [1.29, 1.82) is 0 Å². The number of halogens is 1. The largest absolute Gasteiger partial charge is 0.322 e. The van der Waals surface area contributed by atoms with Crippen LogP contribution in [-0.4, -0.2) is 20.6 Å². The van der Waals surface area contributed by atoms with Crippen LogP contribution in [0.4, 0.5) is 11.4 Å². The number of para-hydroxylation sites is 1. The van der Waals surface area contributed by atoms with Crippen LogP contribution < -0.4 is 10.0 Å². The Morgan fingerprint density at radius 3 is 2.33 bits per heavy atom. The highest BCUT2D eigenvalue weighted by Crippen LogP contribution is 2.24. The summed E-state index contributed by atoms with van der Waals surface area (Å²) < 4.78 is 24.6. The lowest BCUT2D eigenvalue weighted by molar-refractivity contribution is 0.102. The Kier molecular flexibility index (Phi) is 4.50. The second kappa shape index (κ2) is 6.15. The van der Waals surface area contributed by atoms with Crippen molar-refractivity contribution in [1.82, 2.24) is 0 Å². The van der Waals surface area contributed by atoms with Gasteiger partial charge in [-0.05, 0) is 30.3 Å². The third-order valence-corrected chi connectivity index (χ3v) is 3.46. The van der Waals surface area contributed by atoms with E-state index in [4.69, 9.17) is 11.6 Å². The molecule has 2 aromatic rings. The fourth-order valence-corrected chi connectivity index (χ4v) is 2.52. The van der Waals surface area contributed by atoms with Crippen molar-refractivity contribution in [3.63, 3.8) is 0 Å². The van der Waals surface area contributed by atoms with E-state index in [2.05, 4.69) is 10.0 Å². The number of carbonyl (C=O) groups excluding carboxylic acids is 1. The van der Waals surface area contributed by atoms with Crippen LogP contribution in [0.1, 0.15) is 10.4 Å². The maximum absolute atomic E-state index is 12.1. The summed E-state index contributed by atoms with van der Waals surface area (Å²) in [4.78, 5) is 12.1. The minimum atomic E-state index is -3.42. The van der Waals surface area contributed by atoms with Crippen molar-refractivity contribution in [2.24, 2.45) is 0 Å². The van der Waals surface area contributed by atoms with Crippen molar-refractivity contribution >= 4 is 38.9 Å². The molecule has 0 unspecified atom stereocenters. The van der Waals surface area contributed by atoms with Crippen LogP contribution >= 0.6 is 11.6 Å². The van der Waals surface area contributed by atoms with E-state index < -0.39 is 10.0 Å². The molecule has 0 saturated carbocycles. The molecule has 1 amide bonds. The minimum absolute atomic E-state index is 0.154. The van der Waals surface area contributed by atoms with E-state index in [0.29, 0.717) is 11.3 Å². The monoisotopic (exact) mass is 324 g/mol. The smallest absolute Gasteiger partial charge is 0.255 e. The van der Waals surface area contributed by atoms with Gasteiger partial charge in [0.25, 0.3) is 5.91 Å². The molecule has 21 heavy (non-hydrogen) atoms. The van der Waals surface area contributed by atoms with Crippen molar-refractivity contribution in [3.8, 4) is 0 Å². The molecule has 5 nitrogen and oxygen atoms in total. The van der Waals surface area contributed by atoms with Gasteiger partial charge in [-0.2, -0.15) is 0 Å². The summed E-state index contributed by atoms with van der Waals surface area (Å²) in [6, 6.07) is 13.3. The number of benzene rings is 2. The first-order valence-corrected chi connectivity index (χ1v) is 8.26. The Bertz CT molecular complexity index is 761. The standard InChI is InChI=1S/C14H13ClN2O3S/c1-21(19,20)17-13-8-7-10(9-12(13)15)14(18)16-11-5-3-2-4-6-11/h2-9,17H,1H3,(H,16,18). The van der Waals surface area contributed by atoms with Crippen LogP contribution in [0.2, 0.25) is 5.02 Å². The molecule has 0 heterocycles. The maximum atomic E-state index is 12.1. The van der Waals surface area contributed by atoms with Crippen molar-refractivity contribution in [2.75, 3.05) is 16.3 Å². The lowest BCUT2D eigenvalue weighted by Crippen LogP contribution is -2.13. The number of anilines is 2. The normalized spacial score (nSPS) is 11.0. The van der Waals surface area contributed by atoms with Crippen molar-refractivity contribution in [3.05, 3.63) is 59.1 Å². The number of hydrogen-bond acceptors (Lipinski definition) is 3. The SMILES string of the molecule is CS(=O)(=O)Nc1ccc(C(=O)Nc2ccccc2)cc1Cl. The predicted octanol–water partition coefficient (Wildman–Crippen LogP) is 2.96. The summed E-state index contributed by atoms with van der Waals surface area (Å²) in [5, 5.41) is 2.87. The van der Waals surface area contributed by atoms with E-state index in [9.17, 15) is 13.2 Å². The summed E-state index contributed by atoms with van der Waals surface area (Å²) in [6.07, 6.45) is 1.03. The Morgan fingerprint density at radius 1 is 1.10 bits per heavy atom. The molecule has 0 spiro atoms. The summed E-state index contributed by atoms with van der Waals surface area (Å²) in [7, 11) is -3.42. The van der Waals surface area contributed by atoms with Crippen LogP contribution in [0, 0.1) is 0 Å². The van der Waals surface area contributed by atoms with Gasteiger partial charge in [0.15, 0.2) is 0 Å². The van der Waals surface area contributed by atoms with Gasteiger partial charge in [0.05, 0.1) is 17.0 Å². The molecular weight excluding hydrogens is 312 g/mol. The van der Waals surface area contributed by atoms with Gasteiger partial charge in [-0.3, -0.25) is 9.52 Å². The fraction of sp³-hybridized carbons (Fsp3) is 0.0714. The van der Waals surface area contributed by atoms with E-state index in [0.717, 1.165) is 6.26 Å². The number of carbonyl (C=O) groups is 1. The van der Waals surface area contributed by atoms with Crippen molar-refractivity contribution in [2.45, 2.75) is 0 Å². The summed E-state index contributed by atoms with van der Waals surface area (Å²) in [6.45, 7) is 0. The number of sulfonamides is 1. The quantitative estimate of drug-likeness (QED) is 0.908. The Morgan fingerprint density at radius 2 is 1.76 bits per heavy atom. The van der Waals surface area contributed by atoms with Gasteiger partial charge in [0.1, 0.15) is 0 Å². The maximum Gasteiger partial charge on any atom is 0.255 e. The zero-order chi connectivity index (χ0) is 15.5. The predicted molar refractivity (Wildman–Crippen MR) is 84.3 cm³/mol. The molecule has 0 aliphatic rings. The molecule has 7 heteroatoms. The number of amides is 1. The fourth-order valence-electron chi connectivity index (χ4n) is 1.66. The molecule has 2 rings (SSSR count). The van der Waals surface area contributed by atoms with E-state index in [1.165, 1.54) is 18.2 Å². The zero-order valence-electron chi connectivity index (χ0n) is 11.1. The average Bonchev–Trinajstić information content (AvgIpc) is 2.40. The molecule has 2 aromatic carbocycles. The zero-order valence-corrected chi connectivity index (χ0v) is 12.7. The topological polar surface area (TPSA) is 75.3 Å². The van der Waals surface area contributed by atoms with Gasteiger partial charge in [0, 0.05) is 11.3 Å². The van der Waals surface area contributed by atoms with E-state index >= 15 is 0 Å². The summed E-state index contributed by atoms with van der Waals surface area (Å²) >= 11 is 5.98. The Labute approximate surface area is 128 Å². The summed E-state index contributed by atoms with van der Waals surface area (Å²) in [5.74, 6) is -0.325. The first kappa shape index (κ1) is 15.3. The highest BCUT2D eigenvalue weighted by Gasteiger charge is 2.11. The lowest BCUT2D eigenvalue weighted by atomic mass is 10.2. The number of hydrogen-bond donors (Lipinski definition) is 2. The third kappa shape index (κ3) is 4.47. The van der Waals surface area contributed by atoms with Crippen LogP contribution in [0.3, 0.4) is 0 Å². The number of rotatable bonds is 4. The van der Waals surface area contributed by atoms with E-state index in [-0.39, 0.29) is 16.6 Å². The first-order valence-electron chi connectivity index (χ1n) is 5.99. The van der Waals surface area contributed by atoms with Crippen LogP contribution in [0.5, 0.6) is 0 Å². The van der Waals surface area contributed by atoms with Crippen LogP contribution in [-0.2, 0) is 10.0 Å².